The smallest absolute Gasteiger partial charge is 0.355 e. The Morgan fingerprint density at radius 2 is 1.69 bits per heavy atom. The summed E-state index contributed by atoms with van der Waals surface area (Å²) in [5, 5.41) is 0. The minimum absolute atomic E-state index is 0.00996. The largest absolute Gasteiger partial charge is 0.493 e. The van der Waals surface area contributed by atoms with E-state index in [0.29, 0.717) is 29.2 Å². The summed E-state index contributed by atoms with van der Waals surface area (Å²) in [5.41, 5.74) is -0.359. The van der Waals surface area contributed by atoms with E-state index in [0.717, 1.165) is 5.56 Å². The van der Waals surface area contributed by atoms with E-state index in [1.165, 1.54) is 14.2 Å². The van der Waals surface area contributed by atoms with Gasteiger partial charge in [-0.15, -0.1) is 0 Å². The monoisotopic (exact) mass is 443 g/mol. The van der Waals surface area contributed by atoms with Crippen LogP contribution in [0.2, 0.25) is 0 Å². The van der Waals surface area contributed by atoms with Gasteiger partial charge < -0.3 is 28.6 Å². The molecule has 9 nitrogen and oxygen atoms in total. The maximum Gasteiger partial charge on any atom is 0.355 e. The van der Waals surface area contributed by atoms with E-state index in [1.54, 1.807) is 37.1 Å². The molecule has 1 aromatic rings. The third kappa shape index (κ3) is 3.07. The number of hydrogen-bond acceptors (Lipinski definition) is 9. The van der Waals surface area contributed by atoms with Crippen LogP contribution in [0.15, 0.2) is 29.6 Å². The number of ketones is 1. The molecule has 32 heavy (non-hydrogen) atoms. The Morgan fingerprint density at radius 1 is 1.06 bits per heavy atom. The normalized spacial score (nSPS) is 20.3. The van der Waals surface area contributed by atoms with Crippen molar-refractivity contribution < 1.29 is 38.1 Å². The van der Waals surface area contributed by atoms with E-state index in [1.807, 2.05) is 6.08 Å². The Hall–Kier alpha value is -3.33. The molecule has 0 saturated carbocycles. The van der Waals surface area contributed by atoms with Crippen LogP contribution in [0.1, 0.15) is 44.0 Å². The highest BCUT2D eigenvalue weighted by molar-refractivity contribution is 6.18. The molecule has 1 aromatic carbocycles. The van der Waals surface area contributed by atoms with Crippen LogP contribution in [0.25, 0.3) is 6.08 Å². The molecule has 0 N–H and O–H groups in total. The lowest BCUT2D eigenvalue weighted by Crippen LogP contribution is -2.58. The van der Waals surface area contributed by atoms with Gasteiger partial charge in [-0.1, -0.05) is 0 Å². The summed E-state index contributed by atoms with van der Waals surface area (Å²) in [6.07, 6.45) is 3.26. The number of benzene rings is 1. The predicted octanol–water partition coefficient (Wildman–Crippen LogP) is 2.50. The van der Waals surface area contributed by atoms with Crippen molar-refractivity contribution in [3.8, 4) is 11.5 Å². The van der Waals surface area contributed by atoms with Gasteiger partial charge in [0.15, 0.2) is 23.5 Å². The maximum atomic E-state index is 13.2. The quantitative estimate of drug-likeness (QED) is 0.485. The number of Topliss-reactive ketones (excluding diaryl/α,β-unsaturated/α-hetero) is 1. The van der Waals surface area contributed by atoms with Gasteiger partial charge in [0.1, 0.15) is 0 Å². The average Bonchev–Trinajstić information content (AvgIpc) is 3.19. The van der Waals surface area contributed by atoms with Crippen molar-refractivity contribution in [2.75, 3.05) is 27.4 Å². The van der Waals surface area contributed by atoms with Gasteiger partial charge in [0.05, 0.1) is 33.0 Å². The molecular weight excluding hydrogens is 418 g/mol. The third-order valence-corrected chi connectivity index (χ3v) is 5.76. The van der Waals surface area contributed by atoms with Gasteiger partial charge in [-0.2, -0.15) is 0 Å². The minimum atomic E-state index is -2.30. The fourth-order valence-electron chi connectivity index (χ4n) is 4.39. The van der Waals surface area contributed by atoms with Crippen LogP contribution < -0.4 is 9.47 Å². The van der Waals surface area contributed by atoms with E-state index in [-0.39, 0.29) is 31.0 Å². The predicted molar refractivity (Wildman–Crippen MR) is 112 cm³/mol. The summed E-state index contributed by atoms with van der Waals surface area (Å²) in [6.45, 7) is 3.26. The van der Waals surface area contributed by atoms with Gasteiger partial charge in [0.25, 0.3) is 5.60 Å². The molecule has 0 bridgehead atoms. The molecule has 0 spiro atoms. The van der Waals surface area contributed by atoms with Crippen LogP contribution in [0, 0.1) is 0 Å². The molecule has 2 heterocycles. The number of fused-ring (bicyclic) bond motifs is 4. The van der Waals surface area contributed by atoms with E-state index < -0.39 is 23.8 Å². The Morgan fingerprint density at radius 3 is 2.28 bits per heavy atom. The Bertz CT molecular complexity index is 1020. The number of nitrogens with zero attached hydrogens (tertiary/aromatic N) is 1. The van der Waals surface area contributed by atoms with Gasteiger partial charge >= 0.3 is 11.9 Å². The van der Waals surface area contributed by atoms with Crippen molar-refractivity contribution >= 4 is 23.8 Å². The molecule has 9 heteroatoms. The van der Waals surface area contributed by atoms with Crippen LogP contribution in [0.5, 0.6) is 11.5 Å². The highest BCUT2D eigenvalue weighted by Crippen LogP contribution is 2.51. The first-order chi connectivity index (χ1) is 15.4. The van der Waals surface area contributed by atoms with E-state index in [4.69, 9.17) is 23.7 Å². The molecule has 4 rings (SSSR count). The highest BCUT2D eigenvalue weighted by Gasteiger charge is 2.63. The van der Waals surface area contributed by atoms with E-state index in [9.17, 15) is 14.4 Å². The van der Waals surface area contributed by atoms with Crippen LogP contribution >= 0.6 is 0 Å². The number of carbonyl (C=O) groups is 3. The van der Waals surface area contributed by atoms with E-state index >= 15 is 0 Å². The number of methoxy groups -OCH3 is 2. The SMILES string of the molecule is CCOC(=O)C1(C(=O)OCC)O[C@@H]2c3cc(OC)c(OC)cc3C=CN2C2=C1C(=O)CC2. The van der Waals surface area contributed by atoms with E-state index in [2.05, 4.69) is 0 Å². The zero-order chi connectivity index (χ0) is 23.0. The highest BCUT2D eigenvalue weighted by atomic mass is 16.6. The number of hydrogen-bond donors (Lipinski definition) is 0. The number of ether oxygens (including phenoxy) is 5. The van der Waals surface area contributed by atoms with Crippen LogP contribution in [0.4, 0.5) is 0 Å². The zero-order valence-electron chi connectivity index (χ0n) is 18.4. The molecule has 2 aliphatic heterocycles. The minimum Gasteiger partial charge on any atom is -0.493 e. The molecule has 0 aromatic heterocycles. The van der Waals surface area contributed by atoms with Crippen molar-refractivity contribution in [3.05, 3.63) is 40.7 Å². The molecule has 170 valence electrons. The first kappa shape index (κ1) is 21.9. The van der Waals surface area contributed by atoms with Gasteiger partial charge in [0.2, 0.25) is 0 Å². The summed E-state index contributed by atoms with van der Waals surface area (Å²) in [6, 6.07) is 3.52. The van der Waals surface area contributed by atoms with Crippen LogP contribution in [-0.4, -0.2) is 55.7 Å². The molecule has 0 unspecified atom stereocenters. The number of carbonyl (C=O) groups excluding carboxylic acids is 3. The summed E-state index contributed by atoms with van der Waals surface area (Å²) in [5.74, 6) is -1.27. The van der Waals surface area contributed by atoms with Crippen LogP contribution in [-0.2, 0) is 28.6 Å². The topological polar surface area (TPSA) is 101 Å². The second-order valence-corrected chi connectivity index (χ2v) is 7.40. The molecule has 1 atom stereocenters. The summed E-state index contributed by atoms with van der Waals surface area (Å²) < 4.78 is 27.5. The molecule has 0 amide bonds. The fourth-order valence-corrected chi connectivity index (χ4v) is 4.39. The summed E-state index contributed by atoms with van der Waals surface area (Å²) in [7, 11) is 3.05. The van der Waals surface area contributed by atoms with Crippen LogP contribution in [0.3, 0.4) is 0 Å². The average molecular weight is 443 g/mol. The Balaban J connectivity index is 1.94. The Labute approximate surface area is 185 Å². The number of rotatable bonds is 6. The zero-order valence-corrected chi connectivity index (χ0v) is 18.4. The van der Waals surface area contributed by atoms with Crippen molar-refractivity contribution in [1.82, 2.24) is 4.90 Å². The van der Waals surface area contributed by atoms with Gasteiger partial charge in [-0.05, 0) is 44.0 Å². The first-order valence-corrected chi connectivity index (χ1v) is 10.4. The molecule has 0 saturated heterocycles. The second kappa shape index (κ2) is 8.31. The van der Waals surface area contributed by atoms with Crippen molar-refractivity contribution in [3.63, 3.8) is 0 Å². The lowest BCUT2D eigenvalue weighted by molar-refractivity contribution is -0.205. The summed E-state index contributed by atoms with van der Waals surface area (Å²) >= 11 is 0. The molecule has 0 fully saturated rings. The second-order valence-electron chi connectivity index (χ2n) is 7.40. The van der Waals surface area contributed by atoms with Crippen molar-refractivity contribution in [2.45, 2.75) is 38.5 Å². The van der Waals surface area contributed by atoms with Gasteiger partial charge in [-0.25, -0.2) is 9.59 Å². The van der Waals surface area contributed by atoms with Gasteiger partial charge in [-0.3, -0.25) is 4.79 Å². The van der Waals surface area contributed by atoms with Crippen molar-refractivity contribution in [1.29, 1.82) is 0 Å². The maximum absolute atomic E-state index is 13.2. The third-order valence-electron chi connectivity index (χ3n) is 5.76. The molecule has 3 aliphatic rings. The van der Waals surface area contributed by atoms with Crippen molar-refractivity contribution in [2.24, 2.45) is 0 Å². The molecular formula is C23H25NO8. The number of allylic oxidation sites excluding steroid dienone is 1. The standard InChI is InChI=1S/C23H25NO8/c1-5-30-21(26)23(22(27)31-6-2)19-15(7-8-16(19)25)24-10-9-13-11-17(28-3)18(29-4)12-14(13)20(24)32-23/h9-12,20H,5-8H2,1-4H3/t20-/m1/s1. The fraction of sp³-hybridized carbons (Fsp3) is 0.435. The lowest BCUT2D eigenvalue weighted by Gasteiger charge is -2.45. The molecule has 0 radical (unpaired) electrons. The lowest BCUT2D eigenvalue weighted by atomic mass is 9.87. The molecule has 1 aliphatic carbocycles. The van der Waals surface area contributed by atoms with Gasteiger partial charge in [0, 0.05) is 23.9 Å². The first-order valence-electron chi connectivity index (χ1n) is 10.4. The summed E-state index contributed by atoms with van der Waals surface area (Å²) in [4.78, 5) is 41.1. The number of esters is 2. The Kier molecular flexibility index (Phi) is 5.68.